The van der Waals surface area contributed by atoms with E-state index in [-0.39, 0.29) is 41.3 Å². The maximum atomic E-state index is 13.4. The van der Waals surface area contributed by atoms with Crippen molar-refractivity contribution in [1.29, 1.82) is 0 Å². The summed E-state index contributed by atoms with van der Waals surface area (Å²) in [5.74, 6) is -1.08. The quantitative estimate of drug-likeness (QED) is 0.362. The SMILES string of the molecule is Cc1cn(Cc2c(Cl)ccc(C(=O)N3CCC(CC(=O)O)[C@H](C)C3)c2Cl)c2c(C)cc(C(F)(F)F)cc12. The van der Waals surface area contributed by atoms with Gasteiger partial charge in [-0.1, -0.05) is 30.1 Å². The molecule has 1 N–H and O–H groups in total. The number of piperidine rings is 1. The van der Waals surface area contributed by atoms with E-state index in [1.165, 1.54) is 0 Å². The minimum Gasteiger partial charge on any atom is -0.481 e. The second-order valence-electron chi connectivity index (χ2n) is 9.89. The number of fused-ring (bicyclic) bond motifs is 1. The number of aromatic nitrogens is 1. The molecule has 3 aromatic rings. The van der Waals surface area contributed by atoms with Crippen LogP contribution in [0.1, 0.15) is 52.4 Å². The molecule has 1 aliphatic rings. The molecule has 0 bridgehead atoms. The van der Waals surface area contributed by atoms with Gasteiger partial charge >= 0.3 is 12.1 Å². The summed E-state index contributed by atoms with van der Waals surface area (Å²) in [6, 6.07) is 5.44. The van der Waals surface area contributed by atoms with Gasteiger partial charge in [0.25, 0.3) is 5.91 Å². The van der Waals surface area contributed by atoms with E-state index in [1.54, 1.807) is 41.6 Å². The summed E-state index contributed by atoms with van der Waals surface area (Å²) in [7, 11) is 0. The molecule has 5 nitrogen and oxygen atoms in total. The minimum atomic E-state index is -4.45. The van der Waals surface area contributed by atoms with Gasteiger partial charge in [-0.2, -0.15) is 13.2 Å². The first-order valence-electron chi connectivity index (χ1n) is 11.9. The van der Waals surface area contributed by atoms with E-state index in [4.69, 9.17) is 28.3 Å². The zero-order chi connectivity index (χ0) is 27.2. The molecule has 0 saturated carbocycles. The van der Waals surface area contributed by atoms with Gasteiger partial charge in [0.05, 0.1) is 28.2 Å². The summed E-state index contributed by atoms with van der Waals surface area (Å²) in [6.07, 6.45) is -2.03. The van der Waals surface area contributed by atoms with E-state index in [2.05, 4.69) is 0 Å². The standard InChI is InChI=1S/C27H27Cl2F3N2O3/c1-14-8-18(27(30,31)32)10-20-16(3)12-34(25(14)20)13-21-22(28)5-4-19(24(21)29)26(37)33-7-6-17(9-23(35)36)15(2)11-33/h4-5,8,10,12,15,17H,6-7,9,11,13H2,1-3H3,(H,35,36)/t15-,17?/m1/s1. The fraction of sp³-hybridized carbons (Fsp3) is 0.407. The van der Waals surface area contributed by atoms with Gasteiger partial charge in [0, 0.05) is 41.7 Å². The number of alkyl halides is 3. The molecular formula is C27H27Cl2F3N2O3. The van der Waals surface area contributed by atoms with Gasteiger partial charge in [-0.05, 0) is 67.5 Å². The van der Waals surface area contributed by atoms with Crippen LogP contribution in [0.5, 0.6) is 0 Å². The Morgan fingerprint density at radius 1 is 1.14 bits per heavy atom. The summed E-state index contributed by atoms with van der Waals surface area (Å²) in [5, 5.41) is 10.2. The van der Waals surface area contributed by atoms with Crippen LogP contribution in [0.2, 0.25) is 10.0 Å². The van der Waals surface area contributed by atoms with Gasteiger partial charge in [-0.25, -0.2) is 0 Å². The molecule has 10 heteroatoms. The number of amides is 1. The maximum absolute atomic E-state index is 13.4. The van der Waals surface area contributed by atoms with E-state index in [0.717, 1.165) is 12.1 Å². The van der Waals surface area contributed by atoms with Crippen molar-refractivity contribution in [2.75, 3.05) is 13.1 Å². The third-order valence-electron chi connectivity index (χ3n) is 7.24. The molecule has 1 aliphatic heterocycles. The monoisotopic (exact) mass is 554 g/mol. The highest BCUT2D eigenvalue weighted by atomic mass is 35.5. The third-order valence-corrected chi connectivity index (χ3v) is 8.03. The Morgan fingerprint density at radius 2 is 1.84 bits per heavy atom. The van der Waals surface area contributed by atoms with E-state index >= 15 is 0 Å². The number of rotatable bonds is 5. The Bertz CT molecular complexity index is 1380. The van der Waals surface area contributed by atoms with Crippen molar-refractivity contribution in [2.45, 2.75) is 46.3 Å². The highest BCUT2D eigenvalue weighted by Crippen LogP contribution is 2.37. The molecule has 198 valence electrons. The highest BCUT2D eigenvalue weighted by molar-refractivity contribution is 6.38. The number of aliphatic carboxylic acids is 1. The molecule has 1 saturated heterocycles. The number of carboxylic acid groups (broad SMARTS) is 1. The van der Waals surface area contributed by atoms with Crippen LogP contribution in [-0.4, -0.2) is 39.5 Å². The number of aryl methyl sites for hydroxylation is 2. The summed E-state index contributed by atoms with van der Waals surface area (Å²) in [6.45, 7) is 6.34. The third kappa shape index (κ3) is 5.46. The lowest BCUT2D eigenvalue weighted by Crippen LogP contribution is -2.43. The molecule has 4 rings (SSSR count). The van der Waals surface area contributed by atoms with Crippen molar-refractivity contribution in [3.05, 3.63) is 68.3 Å². The largest absolute Gasteiger partial charge is 0.481 e. The molecule has 37 heavy (non-hydrogen) atoms. The van der Waals surface area contributed by atoms with Crippen LogP contribution < -0.4 is 0 Å². The van der Waals surface area contributed by atoms with Crippen molar-refractivity contribution in [3.63, 3.8) is 0 Å². The number of carbonyl (C=O) groups is 2. The van der Waals surface area contributed by atoms with E-state index in [0.29, 0.717) is 52.1 Å². The molecule has 0 radical (unpaired) electrons. The number of likely N-dealkylation sites (tertiary alicyclic amines) is 1. The molecular weight excluding hydrogens is 528 g/mol. The molecule has 1 amide bonds. The van der Waals surface area contributed by atoms with Crippen LogP contribution in [-0.2, 0) is 17.5 Å². The normalized spacial score (nSPS) is 18.4. The Hall–Kier alpha value is -2.71. The first-order valence-corrected chi connectivity index (χ1v) is 12.7. The summed E-state index contributed by atoms with van der Waals surface area (Å²) < 4.78 is 41.9. The van der Waals surface area contributed by atoms with Crippen LogP contribution in [0.4, 0.5) is 13.2 Å². The number of hydrogen-bond donors (Lipinski definition) is 1. The Labute approximate surface area is 222 Å². The van der Waals surface area contributed by atoms with Gasteiger partial charge in [-0.3, -0.25) is 9.59 Å². The molecule has 1 unspecified atom stereocenters. The number of hydrogen-bond acceptors (Lipinski definition) is 2. The molecule has 0 aliphatic carbocycles. The van der Waals surface area contributed by atoms with Gasteiger partial charge in [0.15, 0.2) is 0 Å². The Morgan fingerprint density at radius 3 is 2.46 bits per heavy atom. The predicted molar refractivity (Wildman–Crippen MR) is 137 cm³/mol. The predicted octanol–water partition coefficient (Wildman–Crippen LogP) is 7.20. The van der Waals surface area contributed by atoms with Crippen molar-refractivity contribution in [2.24, 2.45) is 11.8 Å². The number of benzene rings is 2. The average Bonchev–Trinajstić information content (AvgIpc) is 3.12. The number of halogens is 5. The first kappa shape index (κ1) is 27.3. The minimum absolute atomic E-state index is 0.00386. The van der Waals surface area contributed by atoms with Crippen LogP contribution in [0.25, 0.3) is 10.9 Å². The fourth-order valence-electron chi connectivity index (χ4n) is 5.27. The van der Waals surface area contributed by atoms with Gasteiger partial charge in [-0.15, -0.1) is 0 Å². The number of carboxylic acids is 1. The second-order valence-corrected chi connectivity index (χ2v) is 10.7. The molecule has 1 fully saturated rings. The maximum Gasteiger partial charge on any atom is 0.416 e. The number of carbonyl (C=O) groups excluding carboxylic acids is 1. The van der Waals surface area contributed by atoms with E-state index < -0.39 is 17.7 Å². The summed E-state index contributed by atoms with van der Waals surface area (Å²) in [5.41, 5.74) is 1.87. The van der Waals surface area contributed by atoms with Gasteiger partial charge < -0.3 is 14.6 Å². The fourth-order valence-corrected chi connectivity index (χ4v) is 5.84. The van der Waals surface area contributed by atoms with Gasteiger partial charge in [0.2, 0.25) is 0 Å². The van der Waals surface area contributed by atoms with E-state index in [1.807, 2.05) is 6.92 Å². The molecule has 1 aromatic heterocycles. The van der Waals surface area contributed by atoms with E-state index in [9.17, 15) is 22.8 Å². The van der Waals surface area contributed by atoms with Crippen molar-refractivity contribution >= 4 is 46.0 Å². The Balaban J connectivity index is 1.65. The first-order chi connectivity index (χ1) is 17.3. The zero-order valence-corrected chi connectivity index (χ0v) is 22.1. The van der Waals surface area contributed by atoms with Crippen molar-refractivity contribution in [1.82, 2.24) is 9.47 Å². The molecule has 2 aromatic carbocycles. The van der Waals surface area contributed by atoms with Crippen LogP contribution >= 0.6 is 23.2 Å². The smallest absolute Gasteiger partial charge is 0.416 e. The van der Waals surface area contributed by atoms with Crippen molar-refractivity contribution < 1.29 is 27.9 Å². The lowest BCUT2D eigenvalue weighted by atomic mass is 9.84. The lowest BCUT2D eigenvalue weighted by Gasteiger charge is -2.36. The summed E-state index contributed by atoms with van der Waals surface area (Å²) in [4.78, 5) is 26.2. The van der Waals surface area contributed by atoms with Crippen molar-refractivity contribution in [3.8, 4) is 0 Å². The number of nitrogens with zero attached hydrogens (tertiary/aromatic N) is 2. The Kier molecular flexibility index (Phi) is 7.55. The van der Waals surface area contributed by atoms with Crippen LogP contribution in [0.3, 0.4) is 0 Å². The van der Waals surface area contributed by atoms with Crippen LogP contribution in [0, 0.1) is 25.7 Å². The van der Waals surface area contributed by atoms with Gasteiger partial charge in [0.1, 0.15) is 0 Å². The molecule has 2 heterocycles. The molecule has 2 atom stereocenters. The highest BCUT2D eigenvalue weighted by Gasteiger charge is 2.33. The average molecular weight is 555 g/mol. The van der Waals surface area contributed by atoms with Crippen LogP contribution in [0.15, 0.2) is 30.5 Å². The second kappa shape index (κ2) is 10.2. The lowest BCUT2D eigenvalue weighted by molar-refractivity contribution is -0.139. The molecule has 0 spiro atoms. The topological polar surface area (TPSA) is 62.5 Å². The zero-order valence-electron chi connectivity index (χ0n) is 20.6. The summed E-state index contributed by atoms with van der Waals surface area (Å²) >= 11 is 13.2.